The molecule has 1 amide bonds. The molecule has 1 saturated heterocycles. The fourth-order valence-electron chi connectivity index (χ4n) is 2.66. The van der Waals surface area contributed by atoms with E-state index in [0.717, 1.165) is 22.4 Å². The molecule has 3 rings (SSSR count). The first-order chi connectivity index (χ1) is 10.2. The molecule has 21 heavy (non-hydrogen) atoms. The lowest BCUT2D eigenvalue weighted by Crippen LogP contribution is -2.48. The third-order valence-corrected chi connectivity index (χ3v) is 3.85. The summed E-state index contributed by atoms with van der Waals surface area (Å²) in [6.07, 6.45) is -0.844. The number of hydrogen-bond donors (Lipinski definition) is 2. The number of carboxylic acid groups (broad SMARTS) is 1. The van der Waals surface area contributed by atoms with Crippen LogP contribution in [0.25, 0.3) is 10.9 Å². The molecule has 0 spiro atoms. The number of carbonyl (C=O) groups is 1. The van der Waals surface area contributed by atoms with Crippen LogP contribution in [0.2, 0.25) is 0 Å². The normalized spacial score (nSPS) is 15.3. The van der Waals surface area contributed by atoms with Gasteiger partial charge in [0, 0.05) is 38.6 Å². The van der Waals surface area contributed by atoms with Crippen molar-refractivity contribution in [2.45, 2.75) is 0 Å². The Bertz CT molecular complexity index is 666. The Labute approximate surface area is 123 Å². The van der Waals surface area contributed by atoms with E-state index >= 15 is 0 Å². The predicted octanol–water partition coefficient (Wildman–Crippen LogP) is 2.08. The highest BCUT2D eigenvalue weighted by atomic mass is 16.4. The Morgan fingerprint density at radius 2 is 1.95 bits per heavy atom. The predicted molar refractivity (Wildman–Crippen MR) is 83.1 cm³/mol. The van der Waals surface area contributed by atoms with E-state index in [0.29, 0.717) is 26.2 Å². The van der Waals surface area contributed by atoms with Crippen molar-refractivity contribution in [1.29, 1.82) is 0 Å². The van der Waals surface area contributed by atoms with E-state index in [1.807, 2.05) is 37.4 Å². The third kappa shape index (κ3) is 2.56. The van der Waals surface area contributed by atoms with Crippen molar-refractivity contribution < 1.29 is 9.90 Å². The van der Waals surface area contributed by atoms with Gasteiger partial charge in [-0.3, -0.25) is 0 Å². The van der Waals surface area contributed by atoms with Crippen molar-refractivity contribution in [2.24, 2.45) is 0 Å². The standard InChI is InChI=1S/C15H18N4O2/c1-16-13-6-5-11-3-2-4-12(14(11)17-13)18-7-9-19(10-8-18)15(20)21/h2-6H,7-10H2,1H3,(H,16,17)(H,20,21). The van der Waals surface area contributed by atoms with E-state index < -0.39 is 6.09 Å². The molecule has 0 atom stereocenters. The van der Waals surface area contributed by atoms with Crippen LogP contribution in [0, 0.1) is 0 Å². The van der Waals surface area contributed by atoms with E-state index in [1.165, 1.54) is 4.90 Å². The molecule has 0 saturated carbocycles. The summed E-state index contributed by atoms with van der Waals surface area (Å²) in [5.74, 6) is 0.833. The first kappa shape index (κ1) is 13.5. The van der Waals surface area contributed by atoms with E-state index in [4.69, 9.17) is 5.11 Å². The summed E-state index contributed by atoms with van der Waals surface area (Å²) in [5.41, 5.74) is 2.02. The van der Waals surface area contributed by atoms with Crippen molar-refractivity contribution in [3.63, 3.8) is 0 Å². The average Bonchev–Trinajstić information content (AvgIpc) is 2.54. The molecule has 1 fully saturated rings. The van der Waals surface area contributed by atoms with Gasteiger partial charge in [0.2, 0.25) is 0 Å². The van der Waals surface area contributed by atoms with Crippen LogP contribution < -0.4 is 10.2 Å². The van der Waals surface area contributed by atoms with Gasteiger partial charge in [-0.2, -0.15) is 0 Å². The smallest absolute Gasteiger partial charge is 0.407 e. The zero-order chi connectivity index (χ0) is 14.8. The van der Waals surface area contributed by atoms with E-state index in [2.05, 4.69) is 15.2 Å². The number of nitrogens with one attached hydrogen (secondary N) is 1. The zero-order valence-electron chi connectivity index (χ0n) is 11.9. The Morgan fingerprint density at radius 3 is 2.62 bits per heavy atom. The molecule has 110 valence electrons. The SMILES string of the molecule is CNc1ccc2cccc(N3CCN(C(=O)O)CC3)c2n1. The highest BCUT2D eigenvalue weighted by molar-refractivity contribution is 5.92. The first-order valence-corrected chi connectivity index (χ1v) is 6.99. The number of amides is 1. The number of aromatic nitrogens is 1. The maximum absolute atomic E-state index is 11.0. The summed E-state index contributed by atoms with van der Waals surface area (Å²) in [5, 5.41) is 13.2. The van der Waals surface area contributed by atoms with Crippen molar-refractivity contribution in [3.05, 3.63) is 30.3 Å². The molecular weight excluding hydrogens is 268 g/mol. The number of hydrogen-bond acceptors (Lipinski definition) is 4. The maximum atomic E-state index is 11.0. The first-order valence-electron chi connectivity index (χ1n) is 6.99. The molecule has 0 unspecified atom stereocenters. The van der Waals surface area contributed by atoms with Gasteiger partial charge >= 0.3 is 6.09 Å². The Balaban J connectivity index is 1.92. The molecule has 0 aliphatic carbocycles. The number of pyridine rings is 1. The summed E-state index contributed by atoms with van der Waals surface area (Å²) < 4.78 is 0. The molecule has 1 aliphatic heterocycles. The molecular formula is C15H18N4O2. The second-order valence-corrected chi connectivity index (χ2v) is 5.05. The fourth-order valence-corrected chi connectivity index (χ4v) is 2.66. The van der Waals surface area contributed by atoms with Crippen molar-refractivity contribution in [2.75, 3.05) is 43.4 Å². The largest absolute Gasteiger partial charge is 0.465 e. The van der Waals surface area contributed by atoms with Gasteiger partial charge < -0.3 is 20.2 Å². The number of para-hydroxylation sites is 1. The fraction of sp³-hybridized carbons (Fsp3) is 0.333. The Hall–Kier alpha value is -2.50. The van der Waals surface area contributed by atoms with Crippen molar-refractivity contribution in [1.82, 2.24) is 9.88 Å². The molecule has 1 aromatic carbocycles. The lowest BCUT2D eigenvalue weighted by atomic mass is 10.1. The molecule has 0 radical (unpaired) electrons. The molecule has 1 aliphatic rings. The van der Waals surface area contributed by atoms with Gasteiger partial charge in [0.05, 0.1) is 11.2 Å². The van der Waals surface area contributed by atoms with Gasteiger partial charge in [-0.1, -0.05) is 12.1 Å². The monoisotopic (exact) mass is 286 g/mol. The minimum absolute atomic E-state index is 0.525. The minimum atomic E-state index is -0.844. The lowest BCUT2D eigenvalue weighted by molar-refractivity contribution is 0.142. The van der Waals surface area contributed by atoms with Crippen LogP contribution in [0.1, 0.15) is 0 Å². The van der Waals surface area contributed by atoms with Crippen molar-refractivity contribution >= 4 is 28.5 Å². The molecule has 0 bridgehead atoms. The van der Waals surface area contributed by atoms with Gasteiger partial charge in [0.15, 0.2) is 0 Å². The second kappa shape index (κ2) is 5.47. The number of fused-ring (bicyclic) bond motifs is 1. The van der Waals surface area contributed by atoms with Gasteiger partial charge in [-0.25, -0.2) is 9.78 Å². The molecule has 2 aromatic rings. The number of nitrogens with zero attached hydrogens (tertiary/aromatic N) is 3. The van der Waals surface area contributed by atoms with E-state index in [-0.39, 0.29) is 0 Å². The van der Waals surface area contributed by atoms with Crippen LogP contribution >= 0.6 is 0 Å². The summed E-state index contributed by atoms with van der Waals surface area (Å²) in [6.45, 7) is 2.43. The van der Waals surface area contributed by atoms with Crippen LogP contribution in [-0.4, -0.2) is 54.3 Å². The number of anilines is 2. The highest BCUT2D eigenvalue weighted by Crippen LogP contribution is 2.27. The Kier molecular flexibility index (Phi) is 3.51. The van der Waals surface area contributed by atoms with E-state index in [1.54, 1.807) is 0 Å². The highest BCUT2D eigenvalue weighted by Gasteiger charge is 2.21. The zero-order valence-corrected chi connectivity index (χ0v) is 11.9. The quantitative estimate of drug-likeness (QED) is 0.884. The number of piperazine rings is 1. The van der Waals surface area contributed by atoms with Crippen LogP contribution in [0.15, 0.2) is 30.3 Å². The average molecular weight is 286 g/mol. The van der Waals surface area contributed by atoms with Gasteiger partial charge in [0.25, 0.3) is 0 Å². The molecule has 2 N–H and O–H groups in total. The third-order valence-electron chi connectivity index (χ3n) is 3.85. The second-order valence-electron chi connectivity index (χ2n) is 5.05. The van der Waals surface area contributed by atoms with Crippen LogP contribution in [0.4, 0.5) is 16.3 Å². The topological polar surface area (TPSA) is 68.7 Å². The van der Waals surface area contributed by atoms with Crippen LogP contribution in [-0.2, 0) is 0 Å². The molecule has 2 heterocycles. The molecule has 6 heteroatoms. The summed E-state index contributed by atoms with van der Waals surface area (Å²) in [6, 6.07) is 10.1. The number of rotatable bonds is 2. The maximum Gasteiger partial charge on any atom is 0.407 e. The number of benzene rings is 1. The molecule has 1 aromatic heterocycles. The summed E-state index contributed by atoms with van der Waals surface area (Å²) in [7, 11) is 1.85. The van der Waals surface area contributed by atoms with Crippen LogP contribution in [0.5, 0.6) is 0 Å². The Morgan fingerprint density at radius 1 is 1.19 bits per heavy atom. The van der Waals surface area contributed by atoms with Gasteiger partial charge in [0.1, 0.15) is 5.82 Å². The van der Waals surface area contributed by atoms with Gasteiger partial charge in [-0.05, 0) is 18.2 Å². The molecule has 6 nitrogen and oxygen atoms in total. The summed E-state index contributed by atoms with van der Waals surface area (Å²) in [4.78, 5) is 19.3. The lowest BCUT2D eigenvalue weighted by Gasteiger charge is -2.35. The van der Waals surface area contributed by atoms with Crippen LogP contribution in [0.3, 0.4) is 0 Å². The van der Waals surface area contributed by atoms with Gasteiger partial charge in [-0.15, -0.1) is 0 Å². The van der Waals surface area contributed by atoms with E-state index in [9.17, 15) is 4.79 Å². The summed E-state index contributed by atoms with van der Waals surface area (Å²) >= 11 is 0. The van der Waals surface area contributed by atoms with Crippen molar-refractivity contribution in [3.8, 4) is 0 Å². The minimum Gasteiger partial charge on any atom is -0.465 e.